The number of methoxy groups -OCH3 is 1. The highest BCUT2D eigenvalue weighted by atomic mass is 16.7. The maximum atomic E-state index is 12.6. The largest absolute Gasteiger partial charge is 0.493 e. The molecule has 6 nitrogen and oxygen atoms in total. The lowest BCUT2D eigenvalue weighted by Crippen LogP contribution is -2.33. The van der Waals surface area contributed by atoms with Gasteiger partial charge >= 0.3 is 0 Å². The van der Waals surface area contributed by atoms with Crippen molar-refractivity contribution in [1.82, 2.24) is 4.90 Å². The smallest absolute Gasteiger partial charge is 0.231 e. The summed E-state index contributed by atoms with van der Waals surface area (Å²) in [4.78, 5) is 14.5. The maximum absolute atomic E-state index is 12.6. The highest BCUT2D eigenvalue weighted by molar-refractivity contribution is 5.81. The van der Waals surface area contributed by atoms with E-state index in [1.54, 1.807) is 7.11 Å². The van der Waals surface area contributed by atoms with Crippen molar-refractivity contribution in [1.29, 1.82) is 0 Å². The minimum absolute atomic E-state index is 0.200. The number of fused-ring (bicyclic) bond motifs is 2. The Kier molecular flexibility index (Phi) is 3.85. The summed E-state index contributed by atoms with van der Waals surface area (Å²) in [7, 11) is 1.64. The van der Waals surface area contributed by atoms with Crippen molar-refractivity contribution < 1.29 is 23.7 Å². The van der Waals surface area contributed by atoms with E-state index in [2.05, 4.69) is 6.07 Å². The standard InChI is InChI=1S/C21H21NO5/c1-24-19-10-15(14-4-5-17-18(9-14)27-12-26-17)8-16-11-22(6-7-25-20(16)19)21(23)13-2-3-13/h4-5,8-10,13H,2-3,6-7,11-12H2,1H3. The number of nitrogens with zero attached hydrogens (tertiary/aromatic N) is 1. The molecule has 5 rings (SSSR count). The molecule has 2 aromatic carbocycles. The first-order valence-electron chi connectivity index (χ1n) is 9.25. The van der Waals surface area contributed by atoms with Gasteiger partial charge in [0.1, 0.15) is 6.61 Å². The zero-order valence-electron chi connectivity index (χ0n) is 15.2. The first-order chi connectivity index (χ1) is 13.2. The van der Waals surface area contributed by atoms with E-state index in [1.807, 2.05) is 29.2 Å². The Morgan fingerprint density at radius 3 is 2.74 bits per heavy atom. The van der Waals surface area contributed by atoms with Gasteiger partial charge in [-0.3, -0.25) is 4.79 Å². The van der Waals surface area contributed by atoms with Crippen LogP contribution >= 0.6 is 0 Å². The molecule has 2 aliphatic heterocycles. The van der Waals surface area contributed by atoms with Gasteiger partial charge in [-0.05, 0) is 48.2 Å². The summed E-state index contributed by atoms with van der Waals surface area (Å²) in [6.45, 7) is 1.87. The van der Waals surface area contributed by atoms with Crippen LogP contribution in [-0.4, -0.2) is 37.9 Å². The second-order valence-corrected chi connectivity index (χ2v) is 7.12. The highest BCUT2D eigenvalue weighted by Gasteiger charge is 2.34. The third kappa shape index (κ3) is 2.95. The fourth-order valence-electron chi connectivity index (χ4n) is 3.65. The fraction of sp³-hybridized carbons (Fsp3) is 0.381. The topological polar surface area (TPSA) is 57.2 Å². The molecule has 2 heterocycles. The van der Waals surface area contributed by atoms with Crippen molar-refractivity contribution >= 4 is 5.91 Å². The second-order valence-electron chi connectivity index (χ2n) is 7.12. The average molecular weight is 367 g/mol. The Balaban J connectivity index is 1.53. The summed E-state index contributed by atoms with van der Waals surface area (Å²) in [6.07, 6.45) is 2.01. The molecule has 0 unspecified atom stereocenters. The van der Waals surface area contributed by atoms with Gasteiger partial charge in [0.15, 0.2) is 23.0 Å². The molecule has 0 radical (unpaired) electrons. The van der Waals surface area contributed by atoms with Crippen LogP contribution in [0.3, 0.4) is 0 Å². The Morgan fingerprint density at radius 1 is 1.07 bits per heavy atom. The van der Waals surface area contributed by atoms with E-state index in [-0.39, 0.29) is 18.6 Å². The van der Waals surface area contributed by atoms with Crippen LogP contribution in [0.15, 0.2) is 30.3 Å². The third-order valence-electron chi connectivity index (χ3n) is 5.26. The minimum Gasteiger partial charge on any atom is -0.493 e. The lowest BCUT2D eigenvalue weighted by molar-refractivity contribution is -0.133. The molecule has 1 amide bonds. The van der Waals surface area contributed by atoms with Crippen LogP contribution in [0.2, 0.25) is 0 Å². The summed E-state index contributed by atoms with van der Waals surface area (Å²) in [5.41, 5.74) is 2.96. The normalized spacial score (nSPS) is 17.7. The molecule has 1 saturated carbocycles. The number of carbonyl (C=O) groups is 1. The molecule has 3 aliphatic rings. The highest BCUT2D eigenvalue weighted by Crippen LogP contribution is 2.42. The Morgan fingerprint density at radius 2 is 1.93 bits per heavy atom. The molecule has 140 valence electrons. The van der Waals surface area contributed by atoms with Gasteiger partial charge in [-0.2, -0.15) is 0 Å². The molecular weight excluding hydrogens is 346 g/mol. The molecule has 2 aromatic rings. The van der Waals surface area contributed by atoms with Crippen molar-refractivity contribution in [2.75, 3.05) is 27.1 Å². The molecule has 0 saturated heterocycles. The molecule has 1 fully saturated rings. The monoisotopic (exact) mass is 367 g/mol. The van der Waals surface area contributed by atoms with E-state index in [0.29, 0.717) is 25.4 Å². The summed E-state index contributed by atoms with van der Waals surface area (Å²) < 4.78 is 22.4. The number of rotatable bonds is 3. The number of amides is 1. The summed E-state index contributed by atoms with van der Waals surface area (Å²) in [5.74, 6) is 3.34. The van der Waals surface area contributed by atoms with E-state index >= 15 is 0 Å². The van der Waals surface area contributed by atoms with Crippen LogP contribution in [-0.2, 0) is 11.3 Å². The molecule has 1 aliphatic carbocycles. The molecule has 0 spiro atoms. The second kappa shape index (κ2) is 6.37. The first kappa shape index (κ1) is 16.3. The van der Waals surface area contributed by atoms with Crippen LogP contribution in [0.4, 0.5) is 0 Å². The van der Waals surface area contributed by atoms with Gasteiger partial charge < -0.3 is 23.8 Å². The van der Waals surface area contributed by atoms with Crippen molar-refractivity contribution in [2.45, 2.75) is 19.4 Å². The van der Waals surface area contributed by atoms with Gasteiger partial charge in [0.05, 0.1) is 13.7 Å². The summed E-state index contributed by atoms with van der Waals surface area (Å²) in [6, 6.07) is 9.92. The molecule has 0 bridgehead atoms. The molecule has 6 heteroatoms. The fourth-order valence-corrected chi connectivity index (χ4v) is 3.65. The van der Waals surface area contributed by atoms with Crippen LogP contribution in [0.5, 0.6) is 23.0 Å². The first-order valence-corrected chi connectivity index (χ1v) is 9.25. The van der Waals surface area contributed by atoms with E-state index in [1.165, 1.54) is 0 Å². The van der Waals surface area contributed by atoms with E-state index in [9.17, 15) is 4.79 Å². The van der Waals surface area contributed by atoms with Gasteiger partial charge in [0.2, 0.25) is 12.7 Å². The van der Waals surface area contributed by atoms with Crippen LogP contribution in [0.1, 0.15) is 18.4 Å². The number of benzene rings is 2. The van der Waals surface area contributed by atoms with E-state index in [4.69, 9.17) is 18.9 Å². The van der Waals surface area contributed by atoms with Gasteiger partial charge in [-0.25, -0.2) is 0 Å². The lowest BCUT2D eigenvalue weighted by Gasteiger charge is -2.20. The lowest BCUT2D eigenvalue weighted by atomic mass is 10.0. The van der Waals surface area contributed by atoms with Crippen LogP contribution in [0.25, 0.3) is 11.1 Å². The minimum atomic E-state index is 0.200. The van der Waals surface area contributed by atoms with Crippen molar-refractivity contribution in [3.8, 4) is 34.1 Å². The Hall–Kier alpha value is -2.89. The zero-order valence-corrected chi connectivity index (χ0v) is 15.2. The van der Waals surface area contributed by atoms with Crippen LogP contribution < -0.4 is 18.9 Å². The SMILES string of the molecule is COc1cc(-c2ccc3c(c2)OCO3)cc2c1OCCN(C(=O)C1CC1)C2. The third-order valence-corrected chi connectivity index (χ3v) is 5.26. The average Bonchev–Trinajstić information content (AvgIpc) is 3.47. The van der Waals surface area contributed by atoms with Crippen molar-refractivity contribution in [3.63, 3.8) is 0 Å². The number of hydrogen-bond acceptors (Lipinski definition) is 5. The van der Waals surface area contributed by atoms with E-state index in [0.717, 1.165) is 46.8 Å². The molecule has 0 N–H and O–H groups in total. The molecule has 0 aromatic heterocycles. The predicted molar refractivity (Wildman–Crippen MR) is 98.2 cm³/mol. The Labute approximate surface area is 157 Å². The van der Waals surface area contributed by atoms with Gasteiger partial charge in [-0.15, -0.1) is 0 Å². The quantitative estimate of drug-likeness (QED) is 0.834. The van der Waals surface area contributed by atoms with Gasteiger partial charge in [0, 0.05) is 18.0 Å². The zero-order chi connectivity index (χ0) is 18.4. The van der Waals surface area contributed by atoms with Gasteiger partial charge in [-0.1, -0.05) is 6.07 Å². The summed E-state index contributed by atoms with van der Waals surface area (Å²) >= 11 is 0. The molecule has 27 heavy (non-hydrogen) atoms. The maximum Gasteiger partial charge on any atom is 0.231 e. The summed E-state index contributed by atoms with van der Waals surface area (Å²) in [5, 5.41) is 0. The predicted octanol–water partition coefficient (Wildman–Crippen LogP) is 3.22. The van der Waals surface area contributed by atoms with Crippen molar-refractivity contribution in [2.24, 2.45) is 5.92 Å². The molecule has 0 atom stereocenters. The number of carbonyl (C=O) groups excluding carboxylic acids is 1. The van der Waals surface area contributed by atoms with E-state index < -0.39 is 0 Å². The number of hydrogen-bond donors (Lipinski definition) is 0. The molecular formula is C21H21NO5. The Bertz CT molecular complexity index is 906. The van der Waals surface area contributed by atoms with Gasteiger partial charge in [0.25, 0.3) is 0 Å². The number of ether oxygens (including phenoxy) is 4. The van der Waals surface area contributed by atoms with Crippen molar-refractivity contribution in [3.05, 3.63) is 35.9 Å². The van der Waals surface area contributed by atoms with Crippen LogP contribution in [0, 0.1) is 5.92 Å².